The summed E-state index contributed by atoms with van der Waals surface area (Å²) >= 11 is 0. The second-order valence-corrected chi connectivity index (χ2v) is 9.59. The first-order valence-electron chi connectivity index (χ1n) is 12.2. The van der Waals surface area contributed by atoms with Gasteiger partial charge in [-0.3, -0.25) is 9.59 Å². The molecule has 0 spiro atoms. The highest BCUT2D eigenvalue weighted by Crippen LogP contribution is 2.44. The van der Waals surface area contributed by atoms with Gasteiger partial charge in [0.1, 0.15) is 6.54 Å². The van der Waals surface area contributed by atoms with Crippen LogP contribution < -0.4 is 5.32 Å². The first kappa shape index (κ1) is 30.9. The molecule has 0 saturated heterocycles. The van der Waals surface area contributed by atoms with Crippen LogP contribution in [0.4, 0.5) is 39.5 Å². The van der Waals surface area contributed by atoms with Crippen LogP contribution in [0.1, 0.15) is 55.7 Å². The molecule has 0 aromatic heterocycles. The number of carbonyl (C=O) groups excluding carboxylic acids is 2. The molecule has 0 unspecified atom stereocenters. The third-order valence-electron chi connectivity index (χ3n) is 6.69. The van der Waals surface area contributed by atoms with E-state index in [2.05, 4.69) is 0 Å². The molecule has 42 heavy (non-hydrogen) atoms. The Balaban J connectivity index is 1.90. The van der Waals surface area contributed by atoms with Crippen LogP contribution in [0.15, 0.2) is 66.7 Å². The largest absolute Gasteiger partial charge is 0.416 e. The van der Waals surface area contributed by atoms with Gasteiger partial charge in [-0.25, -0.2) is 0 Å². The van der Waals surface area contributed by atoms with Crippen LogP contribution in [0.25, 0.3) is 0 Å². The highest BCUT2D eigenvalue weighted by atomic mass is 19.4. The lowest BCUT2D eigenvalue weighted by molar-refractivity contribution is -0.143. The van der Waals surface area contributed by atoms with E-state index in [1.807, 2.05) is 0 Å². The standard InChI is InChI=1S/C28H21F9N2O3/c29-26(30,31)14-38-24(41)22-20-3-1-2-4-21(20)25(42)39(23(22)17-7-5-15(13-40)6-8-17)12-16-9-18(27(32,33)34)11-19(10-16)28(35,36)37/h1-11,22-23,40H,12-14H2,(H,38,41)/t22-,23+/m1/s1. The van der Waals surface area contributed by atoms with Gasteiger partial charge in [0.2, 0.25) is 5.91 Å². The fourth-order valence-corrected chi connectivity index (χ4v) is 4.85. The molecule has 5 nitrogen and oxygen atoms in total. The summed E-state index contributed by atoms with van der Waals surface area (Å²) in [6.45, 7) is -2.98. The molecule has 4 rings (SSSR count). The normalized spacial score (nSPS) is 17.7. The molecule has 2 atom stereocenters. The number of nitrogens with zero attached hydrogens (tertiary/aromatic N) is 1. The number of hydrogen-bond donors (Lipinski definition) is 2. The minimum atomic E-state index is -5.17. The topological polar surface area (TPSA) is 69.6 Å². The van der Waals surface area contributed by atoms with E-state index < -0.39 is 78.7 Å². The fraction of sp³-hybridized carbons (Fsp3) is 0.286. The lowest BCUT2D eigenvalue weighted by Gasteiger charge is -2.42. The monoisotopic (exact) mass is 604 g/mol. The number of aliphatic hydroxyl groups excluding tert-OH is 1. The van der Waals surface area contributed by atoms with Crippen molar-refractivity contribution in [2.45, 2.75) is 43.6 Å². The van der Waals surface area contributed by atoms with Crippen LogP contribution in [0.5, 0.6) is 0 Å². The van der Waals surface area contributed by atoms with Crippen molar-refractivity contribution in [2.24, 2.45) is 0 Å². The molecule has 0 fully saturated rings. The maximum absolute atomic E-state index is 13.7. The summed E-state index contributed by atoms with van der Waals surface area (Å²) in [5.74, 6) is -3.57. The fourth-order valence-electron chi connectivity index (χ4n) is 4.85. The number of alkyl halides is 9. The number of nitrogens with one attached hydrogen (secondary N) is 1. The smallest absolute Gasteiger partial charge is 0.392 e. The molecule has 224 valence electrons. The highest BCUT2D eigenvalue weighted by molar-refractivity contribution is 6.01. The number of fused-ring (bicyclic) bond motifs is 1. The number of hydrogen-bond acceptors (Lipinski definition) is 3. The molecule has 3 aromatic carbocycles. The van der Waals surface area contributed by atoms with Gasteiger partial charge in [-0.2, -0.15) is 39.5 Å². The predicted octanol–water partition coefficient (Wildman–Crippen LogP) is 6.38. The lowest BCUT2D eigenvalue weighted by Crippen LogP contribution is -2.48. The van der Waals surface area contributed by atoms with Gasteiger partial charge in [-0.1, -0.05) is 42.5 Å². The summed E-state index contributed by atoms with van der Waals surface area (Å²) in [6, 6.07) is 10.3. The summed E-state index contributed by atoms with van der Waals surface area (Å²) in [5.41, 5.74) is -3.42. The van der Waals surface area contributed by atoms with Crippen molar-refractivity contribution in [2.75, 3.05) is 6.54 Å². The van der Waals surface area contributed by atoms with Crippen LogP contribution in [0.2, 0.25) is 0 Å². The van der Waals surface area contributed by atoms with Crippen LogP contribution >= 0.6 is 0 Å². The van der Waals surface area contributed by atoms with E-state index in [4.69, 9.17) is 0 Å². The van der Waals surface area contributed by atoms with E-state index >= 15 is 0 Å². The van der Waals surface area contributed by atoms with Crippen LogP contribution in [0.3, 0.4) is 0 Å². The molecule has 14 heteroatoms. The van der Waals surface area contributed by atoms with Crippen LogP contribution in [-0.2, 0) is 30.3 Å². The van der Waals surface area contributed by atoms with Gasteiger partial charge >= 0.3 is 18.5 Å². The van der Waals surface area contributed by atoms with Crippen molar-refractivity contribution in [1.29, 1.82) is 0 Å². The van der Waals surface area contributed by atoms with Crippen molar-refractivity contribution in [1.82, 2.24) is 10.2 Å². The molecular formula is C28H21F9N2O3. The molecule has 0 saturated carbocycles. The van der Waals surface area contributed by atoms with E-state index in [-0.39, 0.29) is 22.8 Å². The number of rotatable bonds is 6. The Morgan fingerprint density at radius 2 is 1.38 bits per heavy atom. The molecule has 2 N–H and O–H groups in total. The van der Waals surface area contributed by atoms with E-state index in [0.29, 0.717) is 17.7 Å². The van der Waals surface area contributed by atoms with Gasteiger partial charge in [-0.15, -0.1) is 0 Å². The minimum absolute atomic E-state index is 0.0229. The number of amides is 2. The summed E-state index contributed by atoms with van der Waals surface area (Å²) in [4.78, 5) is 27.9. The number of carbonyl (C=O) groups is 2. The Bertz CT molecular complexity index is 1430. The molecule has 2 amide bonds. The Morgan fingerprint density at radius 1 is 0.810 bits per heavy atom. The summed E-state index contributed by atoms with van der Waals surface area (Å²) in [7, 11) is 0. The maximum Gasteiger partial charge on any atom is 0.416 e. The second kappa shape index (κ2) is 11.3. The highest BCUT2D eigenvalue weighted by Gasteiger charge is 2.45. The predicted molar refractivity (Wildman–Crippen MR) is 130 cm³/mol. The van der Waals surface area contributed by atoms with Gasteiger partial charge in [0.05, 0.1) is 29.7 Å². The van der Waals surface area contributed by atoms with Crippen molar-refractivity contribution in [3.05, 3.63) is 106 Å². The summed E-state index contributed by atoms with van der Waals surface area (Å²) < 4.78 is 120. The van der Waals surface area contributed by atoms with Crippen molar-refractivity contribution >= 4 is 11.8 Å². The van der Waals surface area contributed by atoms with Gasteiger partial charge in [0, 0.05) is 12.1 Å². The Hall–Kier alpha value is -4.07. The number of aliphatic hydroxyl groups is 1. The molecule has 1 aliphatic heterocycles. The van der Waals surface area contributed by atoms with Gasteiger partial charge in [-0.05, 0) is 46.5 Å². The summed E-state index contributed by atoms with van der Waals surface area (Å²) in [6.07, 6.45) is -15.1. The third-order valence-corrected chi connectivity index (χ3v) is 6.69. The van der Waals surface area contributed by atoms with Gasteiger partial charge < -0.3 is 15.3 Å². The van der Waals surface area contributed by atoms with Crippen LogP contribution in [-0.4, -0.2) is 34.5 Å². The first-order chi connectivity index (χ1) is 19.5. The molecule has 0 bridgehead atoms. The second-order valence-electron chi connectivity index (χ2n) is 9.59. The van der Waals surface area contributed by atoms with E-state index in [0.717, 1.165) is 4.90 Å². The molecule has 1 aliphatic rings. The number of halogens is 9. The zero-order valence-electron chi connectivity index (χ0n) is 21.2. The molecule has 0 radical (unpaired) electrons. The zero-order valence-corrected chi connectivity index (χ0v) is 21.2. The Kier molecular flexibility index (Phi) is 8.31. The Morgan fingerprint density at radius 3 is 1.90 bits per heavy atom. The molecule has 0 aliphatic carbocycles. The van der Waals surface area contributed by atoms with E-state index in [1.54, 1.807) is 5.32 Å². The lowest BCUT2D eigenvalue weighted by atomic mass is 9.78. The average molecular weight is 604 g/mol. The Labute approximate surface area is 232 Å². The zero-order chi connectivity index (χ0) is 31.0. The SMILES string of the molecule is O=C(NCC(F)(F)F)[C@@H]1c2ccccc2C(=O)N(Cc2cc(C(F)(F)F)cc(C(F)(F)F)c2)[C@H]1c1ccc(CO)cc1. The van der Waals surface area contributed by atoms with E-state index in [9.17, 15) is 54.2 Å². The van der Waals surface area contributed by atoms with Crippen molar-refractivity contribution < 1.29 is 54.2 Å². The molecular weight excluding hydrogens is 583 g/mol. The minimum Gasteiger partial charge on any atom is -0.392 e. The molecule has 3 aromatic rings. The van der Waals surface area contributed by atoms with Crippen LogP contribution in [0, 0.1) is 0 Å². The molecule has 1 heterocycles. The third kappa shape index (κ3) is 6.69. The number of benzene rings is 3. The van der Waals surface area contributed by atoms with E-state index in [1.165, 1.54) is 48.5 Å². The van der Waals surface area contributed by atoms with Gasteiger partial charge in [0.15, 0.2) is 0 Å². The van der Waals surface area contributed by atoms with Gasteiger partial charge in [0.25, 0.3) is 5.91 Å². The first-order valence-corrected chi connectivity index (χ1v) is 12.2. The van der Waals surface area contributed by atoms with Crippen molar-refractivity contribution in [3.63, 3.8) is 0 Å². The average Bonchev–Trinajstić information content (AvgIpc) is 2.91. The maximum atomic E-state index is 13.7. The van der Waals surface area contributed by atoms with Crippen molar-refractivity contribution in [3.8, 4) is 0 Å². The summed E-state index contributed by atoms with van der Waals surface area (Å²) in [5, 5.41) is 11.2. The quantitative estimate of drug-likeness (QED) is 0.321.